The van der Waals surface area contributed by atoms with Crippen molar-refractivity contribution in [3.8, 4) is 5.75 Å². The van der Waals surface area contributed by atoms with Crippen molar-refractivity contribution in [3.05, 3.63) is 99.5 Å². The van der Waals surface area contributed by atoms with Crippen molar-refractivity contribution in [3.63, 3.8) is 0 Å². The molecule has 0 amide bonds. The average molecular weight is 413 g/mol. The van der Waals surface area contributed by atoms with Crippen LogP contribution in [0.15, 0.2) is 72.8 Å². The fourth-order valence-electron chi connectivity index (χ4n) is 2.66. The lowest BCUT2D eigenvalue weighted by Gasteiger charge is -2.11. The Morgan fingerprint density at radius 1 is 0.929 bits per heavy atom. The minimum absolute atomic E-state index is 0.0143. The van der Waals surface area contributed by atoms with Crippen LogP contribution in [0.4, 0.5) is 0 Å². The van der Waals surface area contributed by atoms with E-state index < -0.39 is 5.97 Å². The number of hydrogen-bond donors (Lipinski definition) is 0. The summed E-state index contributed by atoms with van der Waals surface area (Å²) in [4.78, 5) is 12.9. The molecule has 0 heterocycles. The first-order valence-corrected chi connectivity index (χ1v) is 9.35. The molecule has 0 atom stereocenters. The summed E-state index contributed by atoms with van der Waals surface area (Å²) in [5.41, 5.74) is 2.58. The normalized spacial score (nSPS) is 11.2. The van der Waals surface area contributed by atoms with E-state index in [2.05, 4.69) is 0 Å². The zero-order chi connectivity index (χ0) is 19.9. The van der Waals surface area contributed by atoms with Crippen molar-refractivity contribution in [2.75, 3.05) is 7.11 Å². The van der Waals surface area contributed by atoms with Gasteiger partial charge in [0.15, 0.2) is 0 Å². The number of esters is 1. The highest BCUT2D eigenvalue weighted by Gasteiger charge is 2.16. The van der Waals surface area contributed by atoms with Gasteiger partial charge in [0.1, 0.15) is 12.4 Å². The number of hydrogen-bond acceptors (Lipinski definition) is 3. The summed E-state index contributed by atoms with van der Waals surface area (Å²) < 4.78 is 10.8. The molecule has 142 valence electrons. The Kier molecular flexibility index (Phi) is 6.75. The van der Waals surface area contributed by atoms with Gasteiger partial charge < -0.3 is 9.47 Å². The highest BCUT2D eigenvalue weighted by molar-refractivity contribution is 6.36. The van der Waals surface area contributed by atoms with Crippen LogP contribution in [0.2, 0.25) is 10.0 Å². The first kappa shape index (κ1) is 20.0. The molecular weight excluding hydrogens is 395 g/mol. The lowest BCUT2D eigenvalue weighted by Crippen LogP contribution is -2.08. The quantitative estimate of drug-likeness (QED) is 0.271. The maximum Gasteiger partial charge on any atom is 0.339 e. The number of rotatable bonds is 6. The number of halogens is 2. The third kappa shape index (κ3) is 4.94. The van der Waals surface area contributed by atoms with Gasteiger partial charge in [-0.25, -0.2) is 4.79 Å². The topological polar surface area (TPSA) is 35.5 Å². The van der Waals surface area contributed by atoms with Crippen molar-refractivity contribution in [1.82, 2.24) is 0 Å². The van der Waals surface area contributed by atoms with Crippen LogP contribution in [0.1, 0.15) is 16.7 Å². The van der Waals surface area contributed by atoms with E-state index in [-0.39, 0.29) is 6.61 Å². The number of methoxy groups -OCH3 is 1. The molecule has 0 saturated carbocycles. The molecule has 3 aromatic rings. The van der Waals surface area contributed by atoms with Gasteiger partial charge in [0, 0.05) is 15.6 Å². The number of carbonyl (C=O) groups is 1. The largest absolute Gasteiger partial charge is 0.497 e. The number of carbonyl (C=O) groups excluding carboxylic acids is 1. The third-order valence-corrected chi connectivity index (χ3v) is 4.83. The van der Waals surface area contributed by atoms with E-state index in [0.717, 1.165) is 11.1 Å². The molecule has 0 radical (unpaired) electrons. The van der Waals surface area contributed by atoms with Gasteiger partial charge in [-0.2, -0.15) is 0 Å². The molecule has 0 saturated heterocycles. The van der Waals surface area contributed by atoms with E-state index in [1.54, 1.807) is 31.4 Å². The standard InChI is InChI=1S/C23H18Cl2O3/c1-27-18-10-5-7-16(13-18)14-19(17-8-3-2-4-9-17)23(26)28-15-20-21(24)11-6-12-22(20)25/h2-14H,15H2,1H3/b19-14-. The maximum absolute atomic E-state index is 12.9. The van der Waals surface area contributed by atoms with Gasteiger partial charge in [-0.3, -0.25) is 0 Å². The SMILES string of the molecule is COc1cccc(/C=C(\C(=O)OCc2c(Cl)cccc2Cl)c2ccccc2)c1. The van der Waals surface area contributed by atoms with Gasteiger partial charge in [0.2, 0.25) is 0 Å². The molecule has 5 heteroatoms. The van der Waals surface area contributed by atoms with E-state index in [1.165, 1.54) is 0 Å². The molecular formula is C23H18Cl2O3. The van der Waals surface area contributed by atoms with E-state index in [9.17, 15) is 4.79 Å². The Morgan fingerprint density at radius 3 is 2.29 bits per heavy atom. The van der Waals surface area contributed by atoms with Crippen LogP contribution in [0.3, 0.4) is 0 Å². The predicted molar refractivity (Wildman–Crippen MR) is 114 cm³/mol. The fourth-order valence-corrected chi connectivity index (χ4v) is 3.17. The van der Waals surface area contributed by atoms with Crippen LogP contribution in [0.5, 0.6) is 5.75 Å². The first-order valence-electron chi connectivity index (χ1n) is 8.59. The molecule has 0 aliphatic rings. The monoisotopic (exact) mass is 412 g/mol. The van der Waals surface area contributed by atoms with Crippen molar-refractivity contribution in [1.29, 1.82) is 0 Å². The summed E-state index contributed by atoms with van der Waals surface area (Å²) in [6, 6.07) is 22.0. The van der Waals surface area contributed by atoms with Crippen LogP contribution in [-0.4, -0.2) is 13.1 Å². The van der Waals surface area contributed by atoms with Crippen molar-refractivity contribution in [2.45, 2.75) is 6.61 Å². The van der Waals surface area contributed by atoms with Crippen LogP contribution in [0.25, 0.3) is 11.6 Å². The van der Waals surface area contributed by atoms with Gasteiger partial charge in [-0.15, -0.1) is 0 Å². The maximum atomic E-state index is 12.9. The smallest absolute Gasteiger partial charge is 0.339 e. The summed E-state index contributed by atoms with van der Waals surface area (Å²) in [6.45, 7) is -0.0143. The van der Waals surface area contributed by atoms with Gasteiger partial charge in [-0.1, -0.05) is 71.7 Å². The summed E-state index contributed by atoms with van der Waals surface area (Å²) in [5, 5.41) is 0.914. The second-order valence-electron chi connectivity index (χ2n) is 5.98. The molecule has 3 rings (SSSR count). The lowest BCUT2D eigenvalue weighted by molar-refractivity contribution is -0.137. The summed E-state index contributed by atoms with van der Waals surface area (Å²) in [5.74, 6) is 0.238. The van der Waals surface area contributed by atoms with Crippen LogP contribution >= 0.6 is 23.2 Å². The molecule has 0 bridgehead atoms. The van der Waals surface area contributed by atoms with Gasteiger partial charge in [0.05, 0.1) is 12.7 Å². The second kappa shape index (κ2) is 9.45. The minimum atomic E-state index is -0.468. The highest BCUT2D eigenvalue weighted by Crippen LogP contribution is 2.27. The predicted octanol–water partition coefficient (Wildman–Crippen LogP) is 6.29. The van der Waals surface area contributed by atoms with E-state index in [4.69, 9.17) is 32.7 Å². The first-order chi connectivity index (χ1) is 13.6. The molecule has 0 aliphatic heterocycles. The molecule has 3 nitrogen and oxygen atoms in total. The fraction of sp³-hybridized carbons (Fsp3) is 0.0870. The molecule has 28 heavy (non-hydrogen) atoms. The summed E-state index contributed by atoms with van der Waals surface area (Å²) in [7, 11) is 1.60. The summed E-state index contributed by atoms with van der Waals surface area (Å²) >= 11 is 12.3. The number of benzene rings is 3. The van der Waals surface area contributed by atoms with Crippen LogP contribution < -0.4 is 4.74 Å². The molecule has 0 spiro atoms. The molecule has 0 N–H and O–H groups in total. The number of ether oxygens (including phenoxy) is 2. The highest BCUT2D eigenvalue weighted by atomic mass is 35.5. The molecule has 0 aliphatic carbocycles. The van der Waals surface area contributed by atoms with Crippen LogP contribution in [0, 0.1) is 0 Å². The van der Waals surface area contributed by atoms with E-state index in [1.807, 2.05) is 54.6 Å². The van der Waals surface area contributed by atoms with Gasteiger partial charge in [-0.05, 0) is 41.5 Å². The van der Waals surface area contributed by atoms with Crippen molar-refractivity contribution >= 4 is 40.8 Å². The Hall–Kier alpha value is -2.75. The molecule has 0 unspecified atom stereocenters. The molecule has 0 aromatic heterocycles. The molecule has 3 aromatic carbocycles. The Morgan fingerprint density at radius 2 is 1.61 bits per heavy atom. The zero-order valence-corrected chi connectivity index (χ0v) is 16.7. The molecule has 0 fully saturated rings. The van der Waals surface area contributed by atoms with E-state index >= 15 is 0 Å². The Balaban J connectivity index is 1.90. The second-order valence-corrected chi connectivity index (χ2v) is 6.79. The van der Waals surface area contributed by atoms with Crippen molar-refractivity contribution < 1.29 is 14.3 Å². The zero-order valence-electron chi connectivity index (χ0n) is 15.2. The average Bonchev–Trinajstić information content (AvgIpc) is 2.72. The van der Waals surface area contributed by atoms with E-state index in [0.29, 0.717) is 26.9 Å². The van der Waals surface area contributed by atoms with Gasteiger partial charge in [0.25, 0.3) is 0 Å². The Bertz CT molecular complexity index is 977. The lowest BCUT2D eigenvalue weighted by atomic mass is 10.0. The Labute approximate surface area is 174 Å². The minimum Gasteiger partial charge on any atom is -0.497 e. The van der Waals surface area contributed by atoms with Crippen LogP contribution in [-0.2, 0) is 16.1 Å². The van der Waals surface area contributed by atoms with Gasteiger partial charge >= 0.3 is 5.97 Å². The summed E-state index contributed by atoms with van der Waals surface area (Å²) in [6.07, 6.45) is 1.77. The van der Waals surface area contributed by atoms with Crippen molar-refractivity contribution in [2.24, 2.45) is 0 Å². The third-order valence-electron chi connectivity index (χ3n) is 4.12.